The van der Waals surface area contributed by atoms with Gasteiger partial charge in [0.05, 0.1) is 6.10 Å². The summed E-state index contributed by atoms with van der Waals surface area (Å²) in [6.45, 7) is 4.59. The van der Waals surface area contributed by atoms with Crippen LogP contribution in [-0.2, 0) is 27.4 Å². The minimum atomic E-state index is -0.937. The van der Waals surface area contributed by atoms with Crippen LogP contribution in [0.5, 0.6) is 0 Å². The second kappa shape index (κ2) is 13.6. The standard InChI is InChI=1S/C30H40N4O5/c1-23(35)21-34-27(36)26(13-8-17-31-29(38)39-22-25-11-6-3-7-12-25)32-28(37)30(34)15-19-33(20-16-30)18-14-24-9-4-2-5-10-24/h2-7,9-12,23,26,35H,8,13-22H2,1H3,(H,31,38)(H,32,37)/t23-,26-/m0/s1. The zero-order valence-corrected chi connectivity index (χ0v) is 22.7. The molecular formula is C30H40N4O5. The lowest BCUT2D eigenvalue weighted by atomic mass is 9.81. The van der Waals surface area contributed by atoms with E-state index in [0.717, 1.165) is 18.5 Å². The highest BCUT2D eigenvalue weighted by molar-refractivity contribution is 6.00. The predicted molar refractivity (Wildman–Crippen MR) is 148 cm³/mol. The molecule has 2 heterocycles. The highest BCUT2D eigenvalue weighted by Gasteiger charge is 2.53. The topological polar surface area (TPSA) is 111 Å². The fourth-order valence-corrected chi connectivity index (χ4v) is 5.45. The number of hydrogen-bond donors (Lipinski definition) is 3. The number of piperazine rings is 1. The number of aliphatic hydroxyl groups is 1. The Bertz CT molecular complexity index is 1090. The van der Waals surface area contributed by atoms with Gasteiger partial charge < -0.3 is 30.3 Å². The molecule has 0 aliphatic carbocycles. The van der Waals surface area contributed by atoms with Crippen molar-refractivity contribution in [2.75, 3.05) is 32.7 Å². The van der Waals surface area contributed by atoms with Crippen LogP contribution in [0.2, 0.25) is 0 Å². The molecule has 3 amide bonds. The van der Waals surface area contributed by atoms with E-state index >= 15 is 0 Å². The van der Waals surface area contributed by atoms with E-state index in [2.05, 4.69) is 27.7 Å². The second-order valence-corrected chi connectivity index (χ2v) is 10.6. The Labute approximate surface area is 230 Å². The molecule has 4 rings (SSSR count). The van der Waals surface area contributed by atoms with Crippen molar-refractivity contribution in [1.82, 2.24) is 20.4 Å². The number of alkyl carbamates (subject to hydrolysis) is 1. The Kier molecular flexibility index (Phi) is 9.95. The van der Waals surface area contributed by atoms with Gasteiger partial charge in [0.1, 0.15) is 18.2 Å². The van der Waals surface area contributed by atoms with Gasteiger partial charge in [-0.15, -0.1) is 0 Å². The van der Waals surface area contributed by atoms with Gasteiger partial charge in [0.2, 0.25) is 11.8 Å². The third-order valence-corrected chi connectivity index (χ3v) is 7.65. The average molecular weight is 537 g/mol. The number of rotatable bonds is 11. The molecule has 2 saturated heterocycles. The van der Waals surface area contributed by atoms with Crippen molar-refractivity contribution in [2.24, 2.45) is 0 Å². The second-order valence-electron chi connectivity index (χ2n) is 10.6. The molecule has 1 spiro atoms. The summed E-state index contributed by atoms with van der Waals surface area (Å²) >= 11 is 0. The van der Waals surface area contributed by atoms with E-state index in [1.807, 2.05) is 48.5 Å². The van der Waals surface area contributed by atoms with Gasteiger partial charge in [0, 0.05) is 32.7 Å². The molecule has 2 aliphatic rings. The van der Waals surface area contributed by atoms with E-state index < -0.39 is 23.8 Å². The number of aliphatic hydroxyl groups excluding tert-OH is 1. The average Bonchev–Trinajstić information content (AvgIpc) is 2.95. The molecule has 0 unspecified atom stereocenters. The van der Waals surface area contributed by atoms with E-state index in [9.17, 15) is 19.5 Å². The molecule has 39 heavy (non-hydrogen) atoms. The maximum Gasteiger partial charge on any atom is 0.407 e. The number of likely N-dealkylation sites (tertiary alicyclic amines) is 1. The summed E-state index contributed by atoms with van der Waals surface area (Å²) < 4.78 is 5.22. The lowest BCUT2D eigenvalue weighted by molar-refractivity contribution is -0.163. The number of carbonyl (C=O) groups is 3. The van der Waals surface area contributed by atoms with Crippen molar-refractivity contribution in [3.63, 3.8) is 0 Å². The number of nitrogens with one attached hydrogen (secondary N) is 2. The molecule has 210 valence electrons. The minimum absolute atomic E-state index is 0.122. The minimum Gasteiger partial charge on any atom is -0.445 e. The van der Waals surface area contributed by atoms with Crippen LogP contribution in [-0.4, -0.2) is 83.2 Å². The van der Waals surface area contributed by atoms with Crippen molar-refractivity contribution in [3.8, 4) is 0 Å². The summed E-state index contributed by atoms with van der Waals surface area (Å²) in [4.78, 5) is 43.0. The number of β-amino-alcohol motifs (C(OH)–C–C–N with tert-alkyl or cyclic N) is 1. The van der Waals surface area contributed by atoms with E-state index in [1.165, 1.54) is 5.56 Å². The maximum absolute atomic E-state index is 13.5. The van der Waals surface area contributed by atoms with E-state index in [4.69, 9.17) is 4.74 Å². The molecule has 2 fully saturated rings. The largest absolute Gasteiger partial charge is 0.445 e. The first-order chi connectivity index (χ1) is 18.9. The highest BCUT2D eigenvalue weighted by Crippen LogP contribution is 2.34. The van der Waals surface area contributed by atoms with Crippen LogP contribution in [0, 0.1) is 0 Å². The highest BCUT2D eigenvalue weighted by atomic mass is 16.5. The van der Waals surface area contributed by atoms with Gasteiger partial charge in [-0.25, -0.2) is 4.79 Å². The summed E-state index contributed by atoms with van der Waals surface area (Å²) in [6.07, 6.45) is 1.63. The van der Waals surface area contributed by atoms with Crippen LogP contribution >= 0.6 is 0 Å². The first kappa shape index (κ1) is 28.6. The van der Waals surface area contributed by atoms with Crippen molar-refractivity contribution in [1.29, 1.82) is 0 Å². The molecule has 0 radical (unpaired) electrons. The van der Waals surface area contributed by atoms with Crippen molar-refractivity contribution >= 4 is 17.9 Å². The first-order valence-corrected chi connectivity index (χ1v) is 13.9. The Morgan fingerprint density at radius 3 is 2.36 bits per heavy atom. The smallest absolute Gasteiger partial charge is 0.407 e. The lowest BCUT2D eigenvalue weighted by Gasteiger charge is -2.52. The summed E-state index contributed by atoms with van der Waals surface area (Å²) in [6, 6.07) is 19.1. The molecule has 3 N–H and O–H groups in total. The number of ether oxygens (including phenoxy) is 1. The summed E-state index contributed by atoms with van der Waals surface area (Å²) in [5, 5.41) is 15.8. The number of piperidine rings is 1. The zero-order chi connectivity index (χ0) is 27.7. The molecule has 9 nitrogen and oxygen atoms in total. The van der Waals surface area contributed by atoms with Crippen LogP contribution in [0.15, 0.2) is 60.7 Å². The Morgan fingerprint density at radius 2 is 1.72 bits per heavy atom. The van der Waals surface area contributed by atoms with Gasteiger partial charge in [-0.2, -0.15) is 0 Å². The Morgan fingerprint density at radius 1 is 1.08 bits per heavy atom. The monoisotopic (exact) mass is 536 g/mol. The SMILES string of the molecule is C[C@H](O)CN1C(=O)[C@H](CCCNC(=O)OCc2ccccc2)NC(=O)C12CCN(CCc1ccccc1)CC2. The van der Waals surface area contributed by atoms with Gasteiger partial charge in [-0.1, -0.05) is 60.7 Å². The number of hydrogen-bond acceptors (Lipinski definition) is 6. The molecule has 2 aromatic rings. The zero-order valence-electron chi connectivity index (χ0n) is 22.7. The molecule has 0 saturated carbocycles. The quantitative estimate of drug-likeness (QED) is 0.381. The van der Waals surface area contributed by atoms with Gasteiger partial charge in [-0.05, 0) is 50.2 Å². The fraction of sp³-hybridized carbons (Fsp3) is 0.500. The molecule has 2 aliphatic heterocycles. The van der Waals surface area contributed by atoms with Crippen LogP contribution in [0.1, 0.15) is 43.7 Å². The third kappa shape index (κ3) is 7.58. The van der Waals surface area contributed by atoms with Gasteiger partial charge >= 0.3 is 6.09 Å². The van der Waals surface area contributed by atoms with Crippen LogP contribution in [0.3, 0.4) is 0 Å². The number of carbonyl (C=O) groups excluding carboxylic acids is 3. The van der Waals surface area contributed by atoms with Crippen molar-refractivity contribution in [2.45, 2.75) is 63.3 Å². The predicted octanol–water partition coefficient (Wildman–Crippen LogP) is 2.48. The molecule has 2 atom stereocenters. The summed E-state index contributed by atoms with van der Waals surface area (Å²) in [5.74, 6) is -0.314. The Hall–Kier alpha value is -3.43. The van der Waals surface area contributed by atoms with Gasteiger partial charge in [-0.3, -0.25) is 9.59 Å². The van der Waals surface area contributed by atoms with E-state index in [-0.39, 0.29) is 25.0 Å². The molecular weight excluding hydrogens is 496 g/mol. The molecule has 0 bridgehead atoms. The normalized spacial score (nSPS) is 19.9. The van der Waals surface area contributed by atoms with Gasteiger partial charge in [0.15, 0.2) is 0 Å². The lowest BCUT2D eigenvalue weighted by Crippen LogP contribution is -2.73. The molecule has 0 aromatic heterocycles. The van der Waals surface area contributed by atoms with E-state index in [0.29, 0.717) is 45.3 Å². The van der Waals surface area contributed by atoms with Crippen molar-refractivity contribution < 1.29 is 24.2 Å². The van der Waals surface area contributed by atoms with Crippen LogP contribution in [0.25, 0.3) is 0 Å². The maximum atomic E-state index is 13.5. The molecule has 9 heteroatoms. The van der Waals surface area contributed by atoms with Gasteiger partial charge in [0.25, 0.3) is 0 Å². The third-order valence-electron chi connectivity index (χ3n) is 7.65. The number of nitrogens with zero attached hydrogens (tertiary/aromatic N) is 2. The van der Waals surface area contributed by atoms with E-state index in [1.54, 1.807) is 11.8 Å². The fourth-order valence-electron chi connectivity index (χ4n) is 5.45. The Balaban J connectivity index is 1.26. The van der Waals surface area contributed by atoms with Crippen LogP contribution < -0.4 is 10.6 Å². The van der Waals surface area contributed by atoms with Crippen molar-refractivity contribution in [3.05, 3.63) is 71.8 Å². The number of benzene rings is 2. The summed E-state index contributed by atoms with van der Waals surface area (Å²) in [5.41, 5.74) is 1.24. The molecule has 2 aromatic carbocycles. The summed E-state index contributed by atoms with van der Waals surface area (Å²) in [7, 11) is 0. The number of amides is 3. The first-order valence-electron chi connectivity index (χ1n) is 13.9. The van der Waals surface area contributed by atoms with Crippen LogP contribution in [0.4, 0.5) is 4.79 Å².